The van der Waals surface area contributed by atoms with Crippen LogP contribution in [0.5, 0.6) is 0 Å². The lowest BCUT2D eigenvalue weighted by Gasteiger charge is -2.51. The monoisotopic (exact) mass is 1020 g/mol. The SMILES string of the molecule is CC(=O)CCC[C@@H]1[C@@H](O)[C@H](O[C@@H]2O[C@H](CO)[C@@H](O[C@@H]3O[C@H](CO)[C@@H](O[C@@H]4O[C@H](CO)[C@@H](O[C@@H]5O[C@H](CO)[C@@H](O)[C@H](O)[C@H]5N)[C@H](O)[C@H]4NC(C)=O)[C@H](O)[C@H]3NC(C)=O)[C@H](O)[C@H]2NC(C)=O)[C@@H](CO)O[C@H]1O. The van der Waals surface area contributed by atoms with Gasteiger partial charge in [-0.15, -0.1) is 0 Å². The first-order chi connectivity index (χ1) is 33.1. The van der Waals surface area contributed by atoms with Crippen LogP contribution in [0.1, 0.15) is 47.0 Å². The summed E-state index contributed by atoms with van der Waals surface area (Å²) in [6, 6.07) is -6.35. The number of aliphatic hydroxyl groups is 12. The molecule has 5 saturated heterocycles. The Balaban J connectivity index is 1.37. The summed E-state index contributed by atoms with van der Waals surface area (Å²) in [5, 5.41) is 137. The molecule has 0 spiro atoms. The number of ketones is 1. The van der Waals surface area contributed by atoms with Crippen LogP contribution in [0.15, 0.2) is 0 Å². The fraction of sp³-hybridized carbons (Fsp3) is 0.902. The molecule has 0 aliphatic carbocycles. The standard InChI is InChI=1S/C41H70N4O25/c1-13(51)6-5-7-17-27(55)33(19(9-47)62-37(17)61)68-39-25(44-15(3)53)31(59)35(21(11-49)65-39)70-41-26(45-16(4)54)32(60)36(22(12-50)66-41)69-40-24(43-14(2)52)30(58)34(20(10-48)64-40)67-38-23(42)29(57)28(56)18(8-46)63-38/h17-41,46-50,55-61H,5-12,42H2,1-4H3,(H,43,52)(H,44,53)(H,45,54)/t17-,18-,19-,20-,21-,22-,23-,24-,25-,26-,27-,28-,29-,30-,31-,32-,33-,34-,35-,36-,37-,38+,39+,40+,41+/m1/s1. The second-order valence-electron chi connectivity index (χ2n) is 18.0. The van der Waals surface area contributed by atoms with Gasteiger partial charge in [-0.05, 0) is 19.8 Å². The number of hydrogen-bond donors (Lipinski definition) is 16. The lowest BCUT2D eigenvalue weighted by Crippen LogP contribution is -2.72. The van der Waals surface area contributed by atoms with E-state index >= 15 is 0 Å². The molecule has 25 atom stereocenters. The van der Waals surface area contributed by atoms with Crippen LogP contribution in [0.4, 0.5) is 0 Å². The Morgan fingerprint density at radius 3 is 1.13 bits per heavy atom. The van der Waals surface area contributed by atoms with Gasteiger partial charge in [-0.1, -0.05) is 0 Å². The molecule has 5 aliphatic rings. The molecule has 5 heterocycles. The lowest BCUT2D eigenvalue weighted by atomic mass is 9.86. The first-order valence-corrected chi connectivity index (χ1v) is 22.9. The highest BCUT2D eigenvalue weighted by molar-refractivity contribution is 5.75. The molecule has 0 aromatic rings. The topological polar surface area (TPSA) is 456 Å². The molecule has 0 saturated carbocycles. The van der Waals surface area contributed by atoms with Gasteiger partial charge in [0.1, 0.15) is 109 Å². The van der Waals surface area contributed by atoms with Crippen LogP contribution < -0.4 is 21.7 Å². The van der Waals surface area contributed by atoms with E-state index in [1.807, 2.05) is 0 Å². The van der Waals surface area contributed by atoms with Gasteiger partial charge in [-0.25, -0.2) is 0 Å². The lowest BCUT2D eigenvalue weighted by molar-refractivity contribution is -0.368. The van der Waals surface area contributed by atoms with Crippen LogP contribution in [-0.2, 0) is 61.8 Å². The molecule has 0 radical (unpaired) electrons. The molecule has 17 N–H and O–H groups in total. The predicted octanol–water partition coefficient (Wildman–Crippen LogP) is -9.51. The average molecular weight is 1020 g/mol. The van der Waals surface area contributed by atoms with Crippen molar-refractivity contribution >= 4 is 23.5 Å². The van der Waals surface area contributed by atoms with Crippen molar-refractivity contribution in [1.29, 1.82) is 0 Å². The van der Waals surface area contributed by atoms with Crippen molar-refractivity contribution in [3.05, 3.63) is 0 Å². The van der Waals surface area contributed by atoms with Gasteiger partial charge in [0.15, 0.2) is 31.5 Å². The van der Waals surface area contributed by atoms with Crippen molar-refractivity contribution in [3.63, 3.8) is 0 Å². The molecule has 5 rings (SSSR count). The summed E-state index contributed by atoms with van der Waals surface area (Å²) < 4.78 is 53.2. The maximum Gasteiger partial charge on any atom is 0.217 e. The summed E-state index contributed by atoms with van der Waals surface area (Å²) >= 11 is 0. The zero-order valence-corrected chi connectivity index (χ0v) is 38.8. The Hall–Kier alpha value is -2.80. The Labute approximate surface area is 400 Å². The normalized spacial score (nSPS) is 44.6. The van der Waals surface area contributed by atoms with Crippen molar-refractivity contribution in [1.82, 2.24) is 16.0 Å². The highest BCUT2D eigenvalue weighted by Crippen LogP contribution is 2.37. The zero-order valence-electron chi connectivity index (χ0n) is 38.8. The van der Waals surface area contributed by atoms with E-state index in [9.17, 15) is 80.5 Å². The maximum absolute atomic E-state index is 12.7. The van der Waals surface area contributed by atoms with E-state index in [0.717, 1.165) is 20.8 Å². The Morgan fingerprint density at radius 2 is 0.786 bits per heavy atom. The molecule has 404 valence electrons. The van der Waals surface area contributed by atoms with E-state index in [1.54, 1.807) is 0 Å². The molecular weight excluding hydrogens is 948 g/mol. The summed E-state index contributed by atoms with van der Waals surface area (Å²) in [6.45, 7) is 0.205. The molecule has 29 heteroatoms. The van der Waals surface area contributed by atoms with Crippen molar-refractivity contribution < 1.29 is 123 Å². The van der Waals surface area contributed by atoms with Crippen molar-refractivity contribution in [2.75, 3.05) is 33.0 Å². The van der Waals surface area contributed by atoms with Crippen LogP contribution >= 0.6 is 0 Å². The Morgan fingerprint density at radius 1 is 0.457 bits per heavy atom. The largest absolute Gasteiger partial charge is 0.394 e. The number of hydrogen-bond acceptors (Lipinski definition) is 26. The van der Waals surface area contributed by atoms with Crippen LogP contribution in [-0.4, -0.2) is 265 Å². The molecule has 5 fully saturated rings. The molecule has 5 aliphatic heterocycles. The van der Waals surface area contributed by atoms with E-state index in [-0.39, 0.29) is 25.0 Å². The Bertz CT molecular complexity index is 1710. The van der Waals surface area contributed by atoms with Gasteiger partial charge in [0.2, 0.25) is 17.7 Å². The third-order valence-corrected chi connectivity index (χ3v) is 12.8. The molecule has 3 amide bonds. The third kappa shape index (κ3) is 13.5. The molecule has 0 aromatic heterocycles. The summed E-state index contributed by atoms with van der Waals surface area (Å²) in [4.78, 5) is 49.3. The molecular formula is C41H70N4O25. The van der Waals surface area contributed by atoms with Gasteiger partial charge >= 0.3 is 0 Å². The minimum absolute atomic E-state index is 0.0876. The van der Waals surface area contributed by atoms with E-state index in [4.69, 9.17) is 48.4 Å². The van der Waals surface area contributed by atoms with Gasteiger partial charge in [0, 0.05) is 33.1 Å². The number of ether oxygens (including phenoxy) is 9. The molecule has 0 aromatic carbocycles. The molecule has 0 bridgehead atoms. The van der Waals surface area contributed by atoms with Gasteiger partial charge in [-0.2, -0.15) is 0 Å². The first-order valence-electron chi connectivity index (χ1n) is 22.9. The number of aliphatic hydroxyl groups excluding tert-OH is 12. The van der Waals surface area contributed by atoms with Gasteiger partial charge in [0.25, 0.3) is 0 Å². The first kappa shape index (κ1) is 58.1. The number of nitrogens with one attached hydrogen (secondary N) is 3. The van der Waals surface area contributed by atoms with Crippen LogP contribution in [0.3, 0.4) is 0 Å². The van der Waals surface area contributed by atoms with E-state index in [2.05, 4.69) is 16.0 Å². The van der Waals surface area contributed by atoms with Crippen molar-refractivity contribution in [2.24, 2.45) is 11.7 Å². The van der Waals surface area contributed by atoms with Crippen LogP contribution in [0.25, 0.3) is 0 Å². The second kappa shape index (κ2) is 25.9. The fourth-order valence-corrected chi connectivity index (χ4v) is 9.27. The number of carbonyl (C=O) groups is 4. The van der Waals surface area contributed by atoms with Crippen LogP contribution in [0.2, 0.25) is 0 Å². The number of Topliss-reactive ketones (excluding diaryl/α,β-unsaturated/α-hetero) is 1. The van der Waals surface area contributed by atoms with Crippen molar-refractivity contribution in [2.45, 2.75) is 194 Å². The predicted molar refractivity (Wildman–Crippen MR) is 225 cm³/mol. The smallest absolute Gasteiger partial charge is 0.217 e. The number of nitrogens with two attached hydrogens (primary N) is 1. The Kier molecular flexibility index (Phi) is 21.5. The summed E-state index contributed by atoms with van der Waals surface area (Å²) in [6.07, 6.45) is -32.8. The number of amides is 3. The molecule has 70 heavy (non-hydrogen) atoms. The van der Waals surface area contributed by atoms with E-state index in [0.29, 0.717) is 0 Å². The van der Waals surface area contributed by atoms with E-state index in [1.165, 1.54) is 6.92 Å². The summed E-state index contributed by atoms with van der Waals surface area (Å²) in [5.74, 6) is -3.45. The molecule has 29 nitrogen and oxygen atoms in total. The van der Waals surface area contributed by atoms with Gasteiger partial charge in [0.05, 0.1) is 45.2 Å². The minimum atomic E-state index is -1.96. The summed E-state index contributed by atoms with van der Waals surface area (Å²) in [5.41, 5.74) is 6.02. The van der Waals surface area contributed by atoms with Crippen LogP contribution in [0, 0.1) is 5.92 Å². The second-order valence-corrected chi connectivity index (χ2v) is 18.0. The minimum Gasteiger partial charge on any atom is -0.394 e. The number of carbonyl (C=O) groups excluding carboxylic acids is 4. The summed E-state index contributed by atoms with van der Waals surface area (Å²) in [7, 11) is 0. The maximum atomic E-state index is 12.7. The quantitative estimate of drug-likeness (QED) is 0.0538. The third-order valence-electron chi connectivity index (χ3n) is 12.8. The highest BCUT2D eigenvalue weighted by atomic mass is 16.8. The van der Waals surface area contributed by atoms with Gasteiger partial charge < -0.3 is 130 Å². The van der Waals surface area contributed by atoms with Crippen molar-refractivity contribution in [3.8, 4) is 0 Å². The zero-order chi connectivity index (χ0) is 51.9. The molecule has 0 unspecified atom stereocenters. The highest BCUT2D eigenvalue weighted by Gasteiger charge is 2.57. The van der Waals surface area contributed by atoms with E-state index < -0.39 is 204 Å². The number of rotatable bonds is 20. The van der Waals surface area contributed by atoms with Gasteiger partial charge in [-0.3, -0.25) is 14.4 Å². The average Bonchev–Trinajstić information content (AvgIpc) is 3.30. The fourth-order valence-electron chi connectivity index (χ4n) is 9.27.